The highest BCUT2D eigenvalue weighted by molar-refractivity contribution is 7.92. The molecule has 29 heavy (non-hydrogen) atoms. The van der Waals surface area contributed by atoms with Crippen LogP contribution in [0.3, 0.4) is 0 Å². The van der Waals surface area contributed by atoms with Gasteiger partial charge in [-0.3, -0.25) is 9.10 Å². The first kappa shape index (κ1) is 20.6. The van der Waals surface area contributed by atoms with E-state index in [1.54, 1.807) is 41.8 Å². The lowest BCUT2D eigenvalue weighted by atomic mass is 10.2. The van der Waals surface area contributed by atoms with Gasteiger partial charge in [0.15, 0.2) is 0 Å². The Morgan fingerprint density at radius 3 is 2.28 bits per heavy atom. The van der Waals surface area contributed by atoms with Gasteiger partial charge in [-0.15, -0.1) is 11.3 Å². The van der Waals surface area contributed by atoms with Crippen molar-refractivity contribution < 1.29 is 22.7 Å². The molecule has 0 spiro atoms. The van der Waals surface area contributed by atoms with Crippen molar-refractivity contribution in [3.8, 4) is 0 Å². The Morgan fingerprint density at radius 2 is 1.66 bits per heavy atom. The average Bonchev–Trinajstić information content (AvgIpc) is 3.21. The van der Waals surface area contributed by atoms with E-state index in [2.05, 4.69) is 10.1 Å². The quantitative estimate of drug-likeness (QED) is 0.603. The lowest BCUT2D eigenvalue weighted by molar-refractivity contribution is 0.0607. The van der Waals surface area contributed by atoms with Crippen molar-refractivity contribution in [2.24, 2.45) is 0 Å². The standard InChI is InChI=1S/C20H18N2O5S2/c1-22(15-6-4-3-5-7-15)29(25,26)16-10-8-14(9-11-16)19(23)21-17-12-13-28-18(17)20(24)27-2/h3-13H,1-2H3,(H,21,23). The van der Waals surface area contributed by atoms with E-state index in [9.17, 15) is 18.0 Å². The molecule has 0 radical (unpaired) electrons. The van der Waals surface area contributed by atoms with Crippen LogP contribution < -0.4 is 9.62 Å². The molecule has 9 heteroatoms. The molecule has 1 aromatic heterocycles. The van der Waals surface area contributed by atoms with Gasteiger partial charge >= 0.3 is 5.97 Å². The number of benzene rings is 2. The van der Waals surface area contributed by atoms with Gasteiger partial charge in [0.25, 0.3) is 15.9 Å². The molecule has 0 aliphatic rings. The maximum atomic E-state index is 12.8. The molecular weight excluding hydrogens is 412 g/mol. The number of anilines is 2. The number of esters is 1. The number of carbonyl (C=O) groups is 2. The van der Waals surface area contributed by atoms with Crippen molar-refractivity contribution in [2.45, 2.75) is 4.90 Å². The van der Waals surface area contributed by atoms with Gasteiger partial charge in [0.1, 0.15) is 4.88 Å². The van der Waals surface area contributed by atoms with Crippen molar-refractivity contribution in [3.63, 3.8) is 0 Å². The lowest BCUT2D eigenvalue weighted by Gasteiger charge is -2.19. The highest BCUT2D eigenvalue weighted by Crippen LogP contribution is 2.25. The molecule has 0 unspecified atom stereocenters. The summed E-state index contributed by atoms with van der Waals surface area (Å²) in [5, 5.41) is 4.30. The Labute approximate surface area is 172 Å². The minimum Gasteiger partial charge on any atom is -0.465 e. The van der Waals surface area contributed by atoms with Crippen LogP contribution in [0.25, 0.3) is 0 Å². The molecule has 0 aliphatic heterocycles. The minimum atomic E-state index is -3.76. The molecule has 1 N–H and O–H groups in total. The first-order chi connectivity index (χ1) is 13.8. The van der Waals surface area contributed by atoms with E-state index in [1.165, 1.54) is 42.7 Å². The summed E-state index contributed by atoms with van der Waals surface area (Å²) in [5.74, 6) is -1.00. The maximum absolute atomic E-state index is 12.8. The molecule has 0 fully saturated rings. The van der Waals surface area contributed by atoms with E-state index < -0.39 is 21.9 Å². The molecule has 0 bridgehead atoms. The number of amides is 1. The fraction of sp³-hybridized carbons (Fsp3) is 0.100. The predicted molar refractivity (Wildman–Crippen MR) is 112 cm³/mol. The van der Waals surface area contributed by atoms with Gasteiger partial charge in [-0.2, -0.15) is 0 Å². The number of nitrogens with zero attached hydrogens (tertiary/aromatic N) is 1. The van der Waals surface area contributed by atoms with Crippen molar-refractivity contribution in [2.75, 3.05) is 23.8 Å². The van der Waals surface area contributed by atoms with E-state index >= 15 is 0 Å². The van der Waals surface area contributed by atoms with Crippen LogP contribution in [0.15, 0.2) is 70.9 Å². The zero-order chi connectivity index (χ0) is 21.0. The smallest absolute Gasteiger partial charge is 0.350 e. The Balaban J connectivity index is 1.79. The van der Waals surface area contributed by atoms with E-state index in [0.29, 0.717) is 11.4 Å². The zero-order valence-corrected chi connectivity index (χ0v) is 17.3. The summed E-state index contributed by atoms with van der Waals surface area (Å²) in [6, 6.07) is 15.9. The SMILES string of the molecule is COC(=O)c1sccc1NC(=O)c1ccc(S(=O)(=O)N(C)c2ccccc2)cc1. The van der Waals surface area contributed by atoms with Crippen LogP contribution >= 0.6 is 11.3 Å². The van der Waals surface area contributed by atoms with E-state index in [1.807, 2.05) is 0 Å². The van der Waals surface area contributed by atoms with Gasteiger partial charge in [-0.25, -0.2) is 13.2 Å². The van der Waals surface area contributed by atoms with Gasteiger partial charge in [0.2, 0.25) is 0 Å². The van der Waals surface area contributed by atoms with Crippen LogP contribution in [0.4, 0.5) is 11.4 Å². The fourth-order valence-electron chi connectivity index (χ4n) is 2.57. The van der Waals surface area contributed by atoms with Gasteiger partial charge in [-0.05, 0) is 47.8 Å². The van der Waals surface area contributed by atoms with Crippen LogP contribution in [0, 0.1) is 0 Å². The van der Waals surface area contributed by atoms with Gasteiger partial charge < -0.3 is 10.1 Å². The molecule has 3 rings (SSSR count). The van der Waals surface area contributed by atoms with Crippen LogP contribution in [0.1, 0.15) is 20.0 Å². The second kappa shape index (κ2) is 8.46. The highest BCUT2D eigenvalue weighted by Gasteiger charge is 2.22. The van der Waals surface area contributed by atoms with Gasteiger partial charge in [0, 0.05) is 12.6 Å². The summed E-state index contributed by atoms with van der Waals surface area (Å²) in [6.45, 7) is 0. The number of rotatable bonds is 6. The molecular formula is C20H18N2O5S2. The topological polar surface area (TPSA) is 92.8 Å². The van der Waals surface area contributed by atoms with Crippen LogP contribution in [-0.4, -0.2) is 34.5 Å². The summed E-state index contributed by atoms with van der Waals surface area (Å²) in [6.07, 6.45) is 0. The summed E-state index contributed by atoms with van der Waals surface area (Å²) in [4.78, 5) is 24.5. The van der Waals surface area contributed by atoms with Crippen LogP contribution in [0.2, 0.25) is 0 Å². The monoisotopic (exact) mass is 430 g/mol. The van der Waals surface area contributed by atoms with E-state index in [4.69, 9.17) is 0 Å². The Kier molecular flexibility index (Phi) is 6.00. The summed E-state index contributed by atoms with van der Waals surface area (Å²) >= 11 is 1.15. The van der Waals surface area contributed by atoms with Crippen LogP contribution in [-0.2, 0) is 14.8 Å². The summed E-state index contributed by atoms with van der Waals surface area (Å²) in [7, 11) is -1.03. The van der Waals surface area contributed by atoms with Crippen molar-refractivity contribution in [1.29, 1.82) is 0 Å². The van der Waals surface area contributed by atoms with Crippen molar-refractivity contribution >= 4 is 44.6 Å². The summed E-state index contributed by atoms with van der Waals surface area (Å²) < 4.78 is 31.5. The number of ether oxygens (including phenoxy) is 1. The normalized spacial score (nSPS) is 11.0. The molecule has 7 nitrogen and oxygen atoms in total. The molecule has 0 atom stereocenters. The molecule has 2 aromatic carbocycles. The Hall–Kier alpha value is -3.17. The molecule has 1 amide bonds. The molecule has 1 heterocycles. The third-order valence-corrected chi connectivity index (χ3v) is 6.87. The van der Waals surface area contributed by atoms with Crippen molar-refractivity contribution in [3.05, 3.63) is 76.5 Å². The average molecular weight is 431 g/mol. The fourth-order valence-corrected chi connectivity index (χ4v) is 4.53. The number of carbonyl (C=O) groups excluding carboxylic acids is 2. The highest BCUT2D eigenvalue weighted by atomic mass is 32.2. The molecule has 3 aromatic rings. The number of thiophene rings is 1. The number of hydrogen-bond acceptors (Lipinski definition) is 6. The molecule has 150 valence electrons. The second-order valence-electron chi connectivity index (χ2n) is 5.94. The Bertz CT molecular complexity index is 1120. The maximum Gasteiger partial charge on any atom is 0.350 e. The third-order valence-electron chi connectivity index (χ3n) is 4.18. The zero-order valence-electron chi connectivity index (χ0n) is 15.7. The van der Waals surface area contributed by atoms with Crippen LogP contribution in [0.5, 0.6) is 0 Å². The largest absolute Gasteiger partial charge is 0.465 e. The van der Waals surface area contributed by atoms with Gasteiger partial charge in [0.05, 0.1) is 23.4 Å². The van der Waals surface area contributed by atoms with E-state index in [-0.39, 0.29) is 15.3 Å². The number of sulfonamides is 1. The molecule has 0 saturated heterocycles. The third kappa shape index (κ3) is 4.30. The van der Waals surface area contributed by atoms with Gasteiger partial charge in [-0.1, -0.05) is 18.2 Å². The number of methoxy groups -OCH3 is 1. The first-order valence-electron chi connectivity index (χ1n) is 8.46. The Morgan fingerprint density at radius 1 is 1.00 bits per heavy atom. The minimum absolute atomic E-state index is 0.0613. The predicted octanol–water partition coefficient (Wildman–Crippen LogP) is 3.61. The van der Waals surface area contributed by atoms with E-state index in [0.717, 1.165) is 11.3 Å². The number of para-hydroxylation sites is 1. The summed E-state index contributed by atoms with van der Waals surface area (Å²) in [5.41, 5.74) is 1.13. The number of hydrogen-bond donors (Lipinski definition) is 1. The lowest BCUT2D eigenvalue weighted by Crippen LogP contribution is -2.26. The second-order valence-corrected chi connectivity index (χ2v) is 8.83. The number of nitrogens with one attached hydrogen (secondary N) is 1. The first-order valence-corrected chi connectivity index (χ1v) is 10.8. The molecule has 0 saturated carbocycles. The van der Waals surface area contributed by atoms with Crippen molar-refractivity contribution in [1.82, 2.24) is 0 Å². The molecule has 0 aliphatic carbocycles.